The molecule has 0 spiro atoms. The standard InChI is InChI=1S/C21H23NO3/c1-21(2,3)15-7-9-16(10-8-15)25-14-13-22-12-11-17-18(20(23)24)5-4-6-19(17)22/h4-12H,13-14H2,1-3H3,(H,23,24). The molecular weight excluding hydrogens is 314 g/mol. The maximum atomic E-state index is 11.3. The Morgan fingerprint density at radius 2 is 1.80 bits per heavy atom. The zero-order chi connectivity index (χ0) is 18.0. The van der Waals surface area contributed by atoms with E-state index in [1.807, 2.05) is 35.0 Å². The van der Waals surface area contributed by atoms with Gasteiger partial charge in [0.05, 0.1) is 12.1 Å². The van der Waals surface area contributed by atoms with Crippen LogP contribution < -0.4 is 4.74 Å². The van der Waals surface area contributed by atoms with Gasteiger partial charge in [0.25, 0.3) is 0 Å². The summed E-state index contributed by atoms with van der Waals surface area (Å²) >= 11 is 0. The number of fused-ring (bicyclic) bond motifs is 1. The largest absolute Gasteiger partial charge is 0.492 e. The van der Waals surface area contributed by atoms with Crippen LogP contribution in [0.1, 0.15) is 36.7 Å². The van der Waals surface area contributed by atoms with Gasteiger partial charge in [0.1, 0.15) is 12.4 Å². The third kappa shape index (κ3) is 3.68. The lowest BCUT2D eigenvalue weighted by atomic mass is 9.87. The first-order valence-corrected chi connectivity index (χ1v) is 8.41. The van der Waals surface area contributed by atoms with E-state index in [1.165, 1.54) is 5.56 Å². The average Bonchev–Trinajstić information content (AvgIpc) is 2.97. The summed E-state index contributed by atoms with van der Waals surface area (Å²) in [4.78, 5) is 11.3. The van der Waals surface area contributed by atoms with E-state index in [-0.39, 0.29) is 5.41 Å². The van der Waals surface area contributed by atoms with E-state index >= 15 is 0 Å². The molecule has 3 aromatic rings. The number of carboxylic acids is 1. The van der Waals surface area contributed by atoms with E-state index < -0.39 is 5.97 Å². The topological polar surface area (TPSA) is 51.5 Å². The molecule has 25 heavy (non-hydrogen) atoms. The molecule has 2 aromatic carbocycles. The normalized spacial score (nSPS) is 11.6. The van der Waals surface area contributed by atoms with Crippen LogP contribution >= 0.6 is 0 Å². The Balaban J connectivity index is 1.67. The van der Waals surface area contributed by atoms with Gasteiger partial charge in [-0.2, -0.15) is 0 Å². The molecular formula is C21H23NO3. The van der Waals surface area contributed by atoms with Gasteiger partial charge in [0.2, 0.25) is 0 Å². The molecule has 1 heterocycles. The Labute approximate surface area is 147 Å². The number of benzene rings is 2. The van der Waals surface area contributed by atoms with Crippen molar-refractivity contribution in [3.8, 4) is 5.75 Å². The highest BCUT2D eigenvalue weighted by molar-refractivity contribution is 6.02. The third-order valence-electron chi connectivity index (χ3n) is 4.37. The molecule has 0 radical (unpaired) electrons. The van der Waals surface area contributed by atoms with Crippen molar-refractivity contribution in [2.75, 3.05) is 6.61 Å². The average molecular weight is 337 g/mol. The second-order valence-electron chi connectivity index (χ2n) is 7.18. The number of ether oxygens (including phenoxy) is 1. The number of nitrogens with zero attached hydrogens (tertiary/aromatic N) is 1. The van der Waals surface area contributed by atoms with Crippen molar-refractivity contribution < 1.29 is 14.6 Å². The molecule has 0 amide bonds. The van der Waals surface area contributed by atoms with Gasteiger partial charge in [-0.3, -0.25) is 0 Å². The number of hydrogen-bond acceptors (Lipinski definition) is 2. The van der Waals surface area contributed by atoms with E-state index in [2.05, 4.69) is 32.9 Å². The number of aromatic carboxylic acids is 1. The Kier molecular flexibility index (Phi) is 4.53. The van der Waals surface area contributed by atoms with Crippen LogP contribution in [0.3, 0.4) is 0 Å². The smallest absolute Gasteiger partial charge is 0.336 e. The van der Waals surface area contributed by atoms with Crippen molar-refractivity contribution >= 4 is 16.9 Å². The van der Waals surface area contributed by atoms with Crippen molar-refractivity contribution in [1.29, 1.82) is 0 Å². The molecule has 0 saturated carbocycles. The quantitative estimate of drug-likeness (QED) is 0.733. The van der Waals surface area contributed by atoms with Crippen LogP contribution in [0.5, 0.6) is 5.75 Å². The summed E-state index contributed by atoms with van der Waals surface area (Å²) < 4.78 is 7.86. The van der Waals surface area contributed by atoms with Gasteiger partial charge < -0.3 is 14.4 Å². The van der Waals surface area contributed by atoms with Crippen LogP contribution in [0.2, 0.25) is 0 Å². The summed E-state index contributed by atoms with van der Waals surface area (Å²) in [6.45, 7) is 7.74. The highest BCUT2D eigenvalue weighted by Gasteiger charge is 2.13. The van der Waals surface area contributed by atoms with Crippen molar-refractivity contribution in [2.45, 2.75) is 32.7 Å². The Morgan fingerprint density at radius 3 is 2.44 bits per heavy atom. The van der Waals surface area contributed by atoms with Crippen LogP contribution in [-0.4, -0.2) is 22.2 Å². The lowest BCUT2D eigenvalue weighted by Crippen LogP contribution is -2.11. The maximum Gasteiger partial charge on any atom is 0.336 e. The van der Waals surface area contributed by atoms with Crippen molar-refractivity contribution in [1.82, 2.24) is 4.57 Å². The molecule has 0 bridgehead atoms. The van der Waals surface area contributed by atoms with E-state index in [0.717, 1.165) is 16.7 Å². The lowest BCUT2D eigenvalue weighted by Gasteiger charge is -2.19. The van der Waals surface area contributed by atoms with E-state index in [1.54, 1.807) is 12.1 Å². The van der Waals surface area contributed by atoms with Crippen LogP contribution in [-0.2, 0) is 12.0 Å². The Hall–Kier alpha value is -2.75. The van der Waals surface area contributed by atoms with Gasteiger partial charge in [0.15, 0.2) is 0 Å². The molecule has 1 aromatic heterocycles. The van der Waals surface area contributed by atoms with Crippen molar-refractivity contribution in [3.05, 3.63) is 65.9 Å². The Morgan fingerprint density at radius 1 is 1.08 bits per heavy atom. The van der Waals surface area contributed by atoms with Gasteiger partial charge in [-0.05, 0) is 41.3 Å². The fourth-order valence-corrected chi connectivity index (χ4v) is 2.92. The van der Waals surface area contributed by atoms with Crippen LogP contribution in [0.4, 0.5) is 0 Å². The number of aromatic nitrogens is 1. The minimum absolute atomic E-state index is 0.129. The fraction of sp³-hybridized carbons (Fsp3) is 0.286. The molecule has 0 aliphatic heterocycles. The molecule has 0 atom stereocenters. The second-order valence-corrected chi connectivity index (χ2v) is 7.18. The zero-order valence-electron chi connectivity index (χ0n) is 14.8. The maximum absolute atomic E-state index is 11.3. The first-order valence-electron chi connectivity index (χ1n) is 8.41. The highest BCUT2D eigenvalue weighted by atomic mass is 16.5. The lowest BCUT2D eigenvalue weighted by molar-refractivity contribution is 0.0699. The Bertz CT molecular complexity index is 886. The zero-order valence-corrected chi connectivity index (χ0v) is 14.8. The van der Waals surface area contributed by atoms with Crippen LogP contribution in [0.15, 0.2) is 54.7 Å². The molecule has 130 valence electrons. The highest BCUT2D eigenvalue weighted by Crippen LogP contribution is 2.24. The molecule has 4 nitrogen and oxygen atoms in total. The predicted molar refractivity (Wildman–Crippen MR) is 99.5 cm³/mol. The van der Waals surface area contributed by atoms with Gasteiger partial charge in [0, 0.05) is 17.1 Å². The summed E-state index contributed by atoms with van der Waals surface area (Å²) in [5, 5.41) is 10.0. The van der Waals surface area contributed by atoms with Gasteiger partial charge in [-0.15, -0.1) is 0 Å². The van der Waals surface area contributed by atoms with Crippen LogP contribution in [0.25, 0.3) is 10.9 Å². The first-order chi connectivity index (χ1) is 11.9. The molecule has 0 unspecified atom stereocenters. The number of hydrogen-bond donors (Lipinski definition) is 1. The fourth-order valence-electron chi connectivity index (χ4n) is 2.92. The molecule has 1 N–H and O–H groups in total. The SMILES string of the molecule is CC(C)(C)c1ccc(OCCn2ccc3c(C(=O)O)cccc32)cc1. The van der Waals surface area contributed by atoms with Crippen LogP contribution in [0, 0.1) is 0 Å². The number of carbonyl (C=O) groups is 1. The summed E-state index contributed by atoms with van der Waals surface area (Å²) in [5.74, 6) is -0.0609. The number of carboxylic acid groups (broad SMARTS) is 1. The van der Waals surface area contributed by atoms with Crippen molar-refractivity contribution in [2.24, 2.45) is 0 Å². The van der Waals surface area contributed by atoms with Gasteiger partial charge in [-0.25, -0.2) is 4.79 Å². The number of rotatable bonds is 5. The molecule has 3 rings (SSSR count). The predicted octanol–water partition coefficient (Wildman–Crippen LogP) is 4.72. The molecule has 0 aliphatic rings. The minimum Gasteiger partial charge on any atom is -0.492 e. The van der Waals surface area contributed by atoms with Gasteiger partial charge >= 0.3 is 5.97 Å². The van der Waals surface area contributed by atoms with E-state index in [4.69, 9.17) is 4.74 Å². The summed E-state index contributed by atoms with van der Waals surface area (Å²) in [7, 11) is 0. The molecule has 0 aliphatic carbocycles. The first kappa shape index (κ1) is 17.1. The monoisotopic (exact) mass is 337 g/mol. The minimum atomic E-state index is -0.904. The molecule has 0 saturated heterocycles. The van der Waals surface area contributed by atoms with E-state index in [0.29, 0.717) is 18.7 Å². The molecule has 0 fully saturated rings. The molecule has 4 heteroatoms. The summed E-state index contributed by atoms with van der Waals surface area (Å²) in [6.07, 6.45) is 1.91. The third-order valence-corrected chi connectivity index (χ3v) is 4.37. The summed E-state index contributed by atoms with van der Waals surface area (Å²) in [5.41, 5.74) is 2.64. The second kappa shape index (κ2) is 6.63. The van der Waals surface area contributed by atoms with Crippen molar-refractivity contribution in [3.63, 3.8) is 0 Å². The van der Waals surface area contributed by atoms with E-state index in [9.17, 15) is 9.90 Å². The van der Waals surface area contributed by atoms with Gasteiger partial charge in [-0.1, -0.05) is 39.0 Å². The summed E-state index contributed by atoms with van der Waals surface area (Å²) in [6, 6.07) is 15.4.